The van der Waals surface area contributed by atoms with Crippen LogP contribution in [0.4, 0.5) is 0 Å². The molecule has 1 rings (SSSR count). The summed E-state index contributed by atoms with van der Waals surface area (Å²) in [7, 11) is 1.79. The zero-order chi connectivity index (χ0) is 13.0. The molecular formula is C11H14Br2N2O2. The van der Waals surface area contributed by atoms with Crippen LogP contribution in [0.2, 0.25) is 0 Å². The van der Waals surface area contributed by atoms with E-state index in [9.17, 15) is 4.79 Å². The van der Waals surface area contributed by atoms with Gasteiger partial charge in [-0.25, -0.2) is 0 Å². The second kappa shape index (κ2) is 6.47. The van der Waals surface area contributed by atoms with Gasteiger partial charge in [0.1, 0.15) is 6.04 Å². The van der Waals surface area contributed by atoms with Gasteiger partial charge < -0.3 is 5.11 Å². The van der Waals surface area contributed by atoms with E-state index in [4.69, 9.17) is 5.11 Å². The topological polar surface area (TPSA) is 53.4 Å². The van der Waals surface area contributed by atoms with Crippen molar-refractivity contribution >= 4 is 37.8 Å². The molecule has 4 nitrogen and oxygen atoms in total. The first kappa shape index (κ1) is 14.6. The number of pyridine rings is 1. The van der Waals surface area contributed by atoms with E-state index in [-0.39, 0.29) is 0 Å². The van der Waals surface area contributed by atoms with Gasteiger partial charge in [-0.15, -0.1) is 0 Å². The van der Waals surface area contributed by atoms with Crippen LogP contribution >= 0.6 is 31.9 Å². The normalized spacial score (nSPS) is 12.8. The molecule has 0 aromatic carbocycles. The Morgan fingerprint density at radius 3 is 2.71 bits per heavy atom. The number of carbonyl (C=O) groups is 1. The molecule has 1 N–H and O–H groups in total. The lowest BCUT2D eigenvalue weighted by Gasteiger charge is -2.23. The number of nitrogens with zero attached hydrogens (tertiary/aromatic N) is 2. The maximum Gasteiger partial charge on any atom is 0.320 e. The Balaban J connectivity index is 2.79. The van der Waals surface area contributed by atoms with Crippen molar-refractivity contribution < 1.29 is 9.90 Å². The molecule has 0 aliphatic rings. The van der Waals surface area contributed by atoms with Gasteiger partial charge in [0.25, 0.3) is 0 Å². The number of carboxylic acids is 1. The van der Waals surface area contributed by atoms with Gasteiger partial charge in [0, 0.05) is 21.7 Å². The zero-order valence-corrected chi connectivity index (χ0v) is 12.8. The van der Waals surface area contributed by atoms with E-state index in [0.29, 0.717) is 13.0 Å². The summed E-state index contributed by atoms with van der Waals surface area (Å²) in [5, 5.41) is 9.05. The molecule has 6 heteroatoms. The van der Waals surface area contributed by atoms with Crippen LogP contribution < -0.4 is 0 Å². The summed E-state index contributed by atoms with van der Waals surface area (Å²) in [6.45, 7) is 2.36. The lowest BCUT2D eigenvalue weighted by atomic mass is 10.2. The van der Waals surface area contributed by atoms with Gasteiger partial charge in [0.15, 0.2) is 0 Å². The molecule has 1 aromatic rings. The standard InChI is InChI=1S/C11H14Br2N2O2/c1-3-10(11(16)17)15(2)6-9-8(13)4-7(12)5-14-9/h4-5,10H,3,6H2,1-2H3,(H,16,17). The molecule has 0 bridgehead atoms. The molecule has 0 aliphatic carbocycles. The van der Waals surface area contributed by atoms with Gasteiger partial charge in [-0.2, -0.15) is 0 Å². The molecule has 1 heterocycles. The molecule has 0 radical (unpaired) electrons. The average Bonchev–Trinajstić information content (AvgIpc) is 2.22. The van der Waals surface area contributed by atoms with Crippen LogP contribution in [0.25, 0.3) is 0 Å². The Bertz CT molecular complexity index is 412. The third-order valence-corrected chi connectivity index (χ3v) is 3.61. The summed E-state index contributed by atoms with van der Waals surface area (Å²) in [4.78, 5) is 17.1. The lowest BCUT2D eigenvalue weighted by Crippen LogP contribution is -2.37. The highest BCUT2D eigenvalue weighted by Gasteiger charge is 2.21. The SMILES string of the molecule is CCC(C(=O)O)N(C)Cc1ncc(Br)cc1Br. The number of hydrogen-bond donors (Lipinski definition) is 1. The minimum Gasteiger partial charge on any atom is -0.480 e. The van der Waals surface area contributed by atoms with E-state index in [2.05, 4.69) is 36.8 Å². The van der Waals surface area contributed by atoms with Crippen LogP contribution in [-0.4, -0.2) is 34.0 Å². The minimum absolute atomic E-state index is 0.479. The smallest absolute Gasteiger partial charge is 0.320 e. The highest BCUT2D eigenvalue weighted by atomic mass is 79.9. The first-order chi connectivity index (χ1) is 7.95. The lowest BCUT2D eigenvalue weighted by molar-refractivity contribution is -0.143. The molecule has 0 amide bonds. The Hall–Kier alpha value is -0.460. The Morgan fingerprint density at radius 2 is 2.24 bits per heavy atom. The van der Waals surface area contributed by atoms with E-state index >= 15 is 0 Å². The molecule has 1 unspecified atom stereocenters. The minimum atomic E-state index is -0.803. The summed E-state index contributed by atoms with van der Waals surface area (Å²) in [5.74, 6) is -0.803. The number of rotatable bonds is 5. The van der Waals surface area contributed by atoms with E-state index in [1.54, 1.807) is 18.1 Å². The predicted octanol–water partition coefficient (Wildman–Crippen LogP) is 2.90. The molecule has 1 atom stereocenters. The van der Waals surface area contributed by atoms with Crippen LogP contribution in [0, 0.1) is 0 Å². The van der Waals surface area contributed by atoms with E-state index < -0.39 is 12.0 Å². The van der Waals surface area contributed by atoms with E-state index in [0.717, 1.165) is 14.6 Å². The highest BCUT2D eigenvalue weighted by Crippen LogP contribution is 2.21. The summed E-state index contributed by atoms with van der Waals surface area (Å²) < 4.78 is 1.76. The summed E-state index contributed by atoms with van der Waals surface area (Å²) in [6, 6.07) is 1.42. The van der Waals surface area contributed by atoms with Crippen LogP contribution in [0.15, 0.2) is 21.2 Å². The second-order valence-electron chi connectivity index (χ2n) is 3.76. The first-order valence-corrected chi connectivity index (χ1v) is 6.77. The van der Waals surface area contributed by atoms with Gasteiger partial charge >= 0.3 is 5.97 Å². The van der Waals surface area contributed by atoms with Crippen molar-refractivity contribution in [3.63, 3.8) is 0 Å². The van der Waals surface area contributed by atoms with Gasteiger partial charge in [0.05, 0.1) is 5.69 Å². The van der Waals surface area contributed by atoms with Gasteiger partial charge in [-0.05, 0) is 51.4 Å². The highest BCUT2D eigenvalue weighted by molar-refractivity contribution is 9.11. The van der Waals surface area contributed by atoms with Crippen LogP contribution in [0.3, 0.4) is 0 Å². The molecule has 0 saturated carbocycles. The van der Waals surface area contributed by atoms with Gasteiger partial charge in [-0.1, -0.05) is 6.92 Å². The molecule has 17 heavy (non-hydrogen) atoms. The fourth-order valence-corrected chi connectivity index (χ4v) is 2.69. The number of carboxylic acid groups (broad SMARTS) is 1. The van der Waals surface area contributed by atoms with Crippen molar-refractivity contribution in [2.45, 2.75) is 25.9 Å². The maximum atomic E-state index is 11.0. The van der Waals surface area contributed by atoms with Crippen LogP contribution in [0.5, 0.6) is 0 Å². The molecule has 0 spiro atoms. The number of hydrogen-bond acceptors (Lipinski definition) is 3. The number of aliphatic carboxylic acids is 1. The van der Waals surface area contributed by atoms with E-state index in [1.807, 2.05) is 13.0 Å². The summed E-state index contributed by atoms with van der Waals surface area (Å²) >= 11 is 6.75. The molecular weight excluding hydrogens is 352 g/mol. The maximum absolute atomic E-state index is 11.0. The monoisotopic (exact) mass is 364 g/mol. The fraction of sp³-hybridized carbons (Fsp3) is 0.455. The largest absolute Gasteiger partial charge is 0.480 e. The van der Waals surface area contributed by atoms with Crippen LogP contribution in [-0.2, 0) is 11.3 Å². The third-order valence-electron chi connectivity index (χ3n) is 2.49. The van der Waals surface area contributed by atoms with Crippen molar-refractivity contribution in [3.8, 4) is 0 Å². The zero-order valence-electron chi connectivity index (χ0n) is 9.65. The average molecular weight is 366 g/mol. The van der Waals surface area contributed by atoms with Crippen LogP contribution in [0.1, 0.15) is 19.0 Å². The predicted molar refractivity (Wildman–Crippen MR) is 72.8 cm³/mol. The molecule has 0 saturated heterocycles. The summed E-state index contributed by atoms with van der Waals surface area (Å²) in [5.41, 5.74) is 0.829. The quantitative estimate of drug-likeness (QED) is 0.871. The molecule has 0 aliphatic heterocycles. The van der Waals surface area contributed by atoms with E-state index in [1.165, 1.54) is 0 Å². The number of likely N-dealkylation sites (N-methyl/N-ethyl adjacent to an activating group) is 1. The Kier molecular flexibility index (Phi) is 5.55. The van der Waals surface area contributed by atoms with Crippen molar-refractivity contribution in [2.24, 2.45) is 0 Å². The molecule has 0 fully saturated rings. The van der Waals surface area contributed by atoms with Gasteiger partial charge in [0.2, 0.25) is 0 Å². The van der Waals surface area contributed by atoms with Crippen molar-refractivity contribution in [1.82, 2.24) is 9.88 Å². The molecule has 1 aromatic heterocycles. The summed E-state index contributed by atoms with van der Waals surface area (Å²) in [6.07, 6.45) is 2.27. The second-order valence-corrected chi connectivity index (χ2v) is 5.53. The third kappa shape index (κ3) is 4.04. The number of halogens is 2. The number of aromatic nitrogens is 1. The fourth-order valence-electron chi connectivity index (χ4n) is 1.58. The van der Waals surface area contributed by atoms with Crippen molar-refractivity contribution in [3.05, 3.63) is 26.9 Å². The molecule has 94 valence electrons. The Morgan fingerprint density at radius 1 is 1.59 bits per heavy atom. The van der Waals surface area contributed by atoms with Gasteiger partial charge in [-0.3, -0.25) is 14.7 Å². The van der Waals surface area contributed by atoms with Crippen molar-refractivity contribution in [1.29, 1.82) is 0 Å². The Labute approximate surface area is 117 Å². The van der Waals surface area contributed by atoms with Crippen molar-refractivity contribution in [2.75, 3.05) is 7.05 Å². The first-order valence-electron chi connectivity index (χ1n) is 5.18.